The molecule has 1 aromatic heterocycles. The predicted molar refractivity (Wildman–Crippen MR) is 72.8 cm³/mol. The zero-order chi connectivity index (χ0) is 14.5. The molecule has 7 heteroatoms. The average molecular weight is 269 g/mol. The van der Waals surface area contributed by atoms with Crippen molar-refractivity contribution in [2.45, 2.75) is 19.1 Å². The van der Waals surface area contributed by atoms with E-state index in [0.717, 1.165) is 0 Å². The Morgan fingerprint density at radius 1 is 1.63 bits per heavy atom. The Labute approximate surface area is 113 Å². The molecular weight excluding hydrogens is 246 g/mol. The number of amides is 1. The van der Waals surface area contributed by atoms with Gasteiger partial charge in [-0.1, -0.05) is 0 Å². The van der Waals surface area contributed by atoms with Crippen LogP contribution in [0.1, 0.15) is 17.4 Å². The maximum atomic E-state index is 11.9. The number of hydrogen-bond acceptors (Lipinski definition) is 5. The second kappa shape index (κ2) is 6.65. The number of nitrogens with two attached hydrogens (primary N) is 1. The van der Waals surface area contributed by atoms with Gasteiger partial charge in [0.05, 0.1) is 11.9 Å². The Balaban J connectivity index is 2.50. The van der Waals surface area contributed by atoms with Gasteiger partial charge in [0, 0.05) is 32.4 Å². The van der Waals surface area contributed by atoms with E-state index in [0.29, 0.717) is 25.3 Å². The molecule has 1 rings (SSSR count). The van der Waals surface area contributed by atoms with E-state index in [1.54, 1.807) is 24.0 Å². The summed E-state index contributed by atoms with van der Waals surface area (Å²) >= 11 is 0. The Hall–Kier alpha value is -1.44. The molecule has 0 spiro atoms. The molecule has 0 aliphatic heterocycles. The van der Waals surface area contributed by atoms with E-state index in [2.05, 4.69) is 10.3 Å². The maximum absolute atomic E-state index is 11.9. The van der Waals surface area contributed by atoms with Gasteiger partial charge in [-0.2, -0.15) is 0 Å². The molecule has 1 amide bonds. The van der Waals surface area contributed by atoms with Gasteiger partial charge in [-0.05, 0) is 21.0 Å². The zero-order valence-corrected chi connectivity index (χ0v) is 11.8. The van der Waals surface area contributed by atoms with Gasteiger partial charge in [-0.15, -0.1) is 0 Å². The molecule has 1 unspecified atom stereocenters. The van der Waals surface area contributed by atoms with Crippen LogP contribution in [-0.2, 0) is 6.54 Å². The quantitative estimate of drug-likeness (QED) is 0.583. The summed E-state index contributed by atoms with van der Waals surface area (Å²) in [7, 11) is 3.73. The van der Waals surface area contributed by atoms with Gasteiger partial charge in [-0.25, -0.2) is 4.98 Å². The number of likely N-dealkylation sites (N-methyl/N-ethyl adjacent to an activating group) is 1. The SMILES string of the molecule is CN(C)CC(C)(O)CNC(=O)c1cn(CCN)cn1. The first kappa shape index (κ1) is 15.6. The average Bonchev–Trinajstić information content (AvgIpc) is 2.73. The standard InChI is InChI=1S/C12H23N5O2/c1-12(19,8-16(2)3)7-14-11(18)10-6-17(5-4-13)9-15-10/h6,9,19H,4-5,7-8,13H2,1-3H3,(H,14,18). The van der Waals surface area contributed by atoms with Crippen LogP contribution in [0.25, 0.3) is 0 Å². The van der Waals surface area contributed by atoms with E-state index in [4.69, 9.17) is 5.73 Å². The second-order valence-electron chi connectivity index (χ2n) is 5.20. The lowest BCUT2D eigenvalue weighted by molar-refractivity contribution is 0.0325. The highest BCUT2D eigenvalue weighted by Gasteiger charge is 2.22. The fraction of sp³-hybridized carbons (Fsp3) is 0.667. The summed E-state index contributed by atoms with van der Waals surface area (Å²) in [6.07, 6.45) is 3.21. The minimum atomic E-state index is -0.973. The van der Waals surface area contributed by atoms with E-state index in [-0.39, 0.29) is 12.5 Å². The highest BCUT2D eigenvalue weighted by molar-refractivity contribution is 5.92. The molecule has 0 saturated carbocycles. The van der Waals surface area contributed by atoms with E-state index in [1.165, 1.54) is 0 Å². The van der Waals surface area contributed by atoms with Crippen LogP contribution in [0.5, 0.6) is 0 Å². The smallest absolute Gasteiger partial charge is 0.271 e. The highest BCUT2D eigenvalue weighted by atomic mass is 16.3. The van der Waals surface area contributed by atoms with Crippen molar-refractivity contribution in [3.63, 3.8) is 0 Å². The Morgan fingerprint density at radius 3 is 2.89 bits per heavy atom. The molecule has 0 aliphatic rings. The predicted octanol–water partition coefficient (Wildman–Crippen LogP) is -1.12. The summed E-state index contributed by atoms with van der Waals surface area (Å²) in [6, 6.07) is 0. The van der Waals surface area contributed by atoms with Crippen molar-refractivity contribution >= 4 is 5.91 Å². The highest BCUT2D eigenvalue weighted by Crippen LogP contribution is 2.03. The summed E-state index contributed by atoms with van der Waals surface area (Å²) in [5.74, 6) is -0.296. The van der Waals surface area contributed by atoms with Crippen molar-refractivity contribution in [2.24, 2.45) is 5.73 Å². The van der Waals surface area contributed by atoms with Gasteiger partial charge in [0.15, 0.2) is 0 Å². The van der Waals surface area contributed by atoms with Gasteiger partial charge in [0.2, 0.25) is 0 Å². The summed E-state index contributed by atoms with van der Waals surface area (Å²) in [5.41, 5.74) is 4.78. The minimum absolute atomic E-state index is 0.174. The Bertz CT molecular complexity index is 414. The molecule has 1 atom stereocenters. The third-order valence-corrected chi connectivity index (χ3v) is 2.54. The third-order valence-electron chi connectivity index (χ3n) is 2.54. The summed E-state index contributed by atoms with van der Waals surface area (Å²) < 4.78 is 1.76. The number of nitrogens with one attached hydrogen (secondary N) is 1. The number of carbonyl (C=O) groups is 1. The van der Waals surface area contributed by atoms with Crippen LogP contribution in [0.4, 0.5) is 0 Å². The first-order valence-corrected chi connectivity index (χ1v) is 6.21. The Kier molecular flexibility index (Phi) is 5.46. The first-order valence-electron chi connectivity index (χ1n) is 6.21. The van der Waals surface area contributed by atoms with E-state index < -0.39 is 5.60 Å². The van der Waals surface area contributed by atoms with Crippen LogP contribution >= 0.6 is 0 Å². The number of aliphatic hydroxyl groups is 1. The van der Waals surface area contributed by atoms with Gasteiger partial charge in [0.25, 0.3) is 5.91 Å². The van der Waals surface area contributed by atoms with Gasteiger partial charge < -0.3 is 25.6 Å². The molecule has 108 valence electrons. The molecule has 0 saturated heterocycles. The topological polar surface area (TPSA) is 96.4 Å². The number of hydrogen-bond donors (Lipinski definition) is 3. The summed E-state index contributed by atoms with van der Waals surface area (Å²) in [6.45, 7) is 3.44. The monoisotopic (exact) mass is 269 g/mol. The molecule has 7 nitrogen and oxygen atoms in total. The fourth-order valence-corrected chi connectivity index (χ4v) is 1.85. The molecule has 0 radical (unpaired) electrons. The van der Waals surface area contributed by atoms with Crippen LogP contribution in [0.15, 0.2) is 12.5 Å². The maximum Gasteiger partial charge on any atom is 0.271 e. The molecule has 4 N–H and O–H groups in total. The number of carbonyl (C=O) groups excluding carboxylic acids is 1. The van der Waals surface area contributed by atoms with E-state index in [1.807, 2.05) is 19.0 Å². The fourth-order valence-electron chi connectivity index (χ4n) is 1.85. The van der Waals surface area contributed by atoms with Gasteiger partial charge >= 0.3 is 0 Å². The van der Waals surface area contributed by atoms with Crippen molar-refractivity contribution in [3.8, 4) is 0 Å². The molecule has 0 aliphatic carbocycles. The zero-order valence-electron chi connectivity index (χ0n) is 11.8. The van der Waals surface area contributed by atoms with Crippen molar-refractivity contribution in [3.05, 3.63) is 18.2 Å². The molecule has 1 heterocycles. The lowest BCUT2D eigenvalue weighted by Gasteiger charge is -2.26. The normalized spacial score (nSPS) is 14.4. The van der Waals surface area contributed by atoms with E-state index >= 15 is 0 Å². The van der Waals surface area contributed by atoms with Crippen LogP contribution in [0, 0.1) is 0 Å². The summed E-state index contributed by atoms with van der Waals surface area (Å²) in [5, 5.41) is 12.7. The molecule has 0 fully saturated rings. The number of aromatic nitrogens is 2. The number of rotatable bonds is 7. The molecule has 0 bridgehead atoms. The molecule has 19 heavy (non-hydrogen) atoms. The van der Waals surface area contributed by atoms with Crippen LogP contribution < -0.4 is 11.1 Å². The van der Waals surface area contributed by atoms with Crippen LogP contribution in [-0.4, -0.2) is 64.8 Å². The van der Waals surface area contributed by atoms with Crippen molar-refractivity contribution in [1.82, 2.24) is 19.8 Å². The molecule has 0 aromatic carbocycles. The van der Waals surface area contributed by atoms with Crippen LogP contribution in [0.3, 0.4) is 0 Å². The first-order chi connectivity index (χ1) is 8.84. The minimum Gasteiger partial charge on any atom is -0.387 e. The molecular formula is C12H23N5O2. The molecule has 1 aromatic rings. The summed E-state index contributed by atoms with van der Waals surface area (Å²) in [4.78, 5) is 17.7. The lowest BCUT2D eigenvalue weighted by atomic mass is 10.1. The third kappa shape index (κ3) is 5.37. The van der Waals surface area contributed by atoms with Crippen molar-refractivity contribution in [2.75, 3.05) is 33.7 Å². The van der Waals surface area contributed by atoms with Crippen molar-refractivity contribution in [1.29, 1.82) is 0 Å². The number of nitrogens with zero attached hydrogens (tertiary/aromatic N) is 3. The largest absolute Gasteiger partial charge is 0.387 e. The van der Waals surface area contributed by atoms with Crippen molar-refractivity contribution < 1.29 is 9.90 Å². The van der Waals surface area contributed by atoms with Crippen LogP contribution in [0.2, 0.25) is 0 Å². The van der Waals surface area contributed by atoms with E-state index in [9.17, 15) is 9.90 Å². The van der Waals surface area contributed by atoms with Gasteiger partial charge in [0.1, 0.15) is 5.69 Å². The second-order valence-corrected chi connectivity index (χ2v) is 5.20. The number of imidazole rings is 1. The Morgan fingerprint density at radius 2 is 2.32 bits per heavy atom. The lowest BCUT2D eigenvalue weighted by Crippen LogP contribution is -2.47. The van der Waals surface area contributed by atoms with Gasteiger partial charge in [-0.3, -0.25) is 4.79 Å².